The molecule has 0 atom stereocenters. The predicted octanol–water partition coefficient (Wildman–Crippen LogP) is 1.90. The summed E-state index contributed by atoms with van der Waals surface area (Å²) in [5.41, 5.74) is 7.59. The van der Waals surface area contributed by atoms with Crippen molar-refractivity contribution in [3.63, 3.8) is 0 Å². The van der Waals surface area contributed by atoms with Gasteiger partial charge in [0.1, 0.15) is 0 Å². The molecule has 2 rings (SSSR count). The summed E-state index contributed by atoms with van der Waals surface area (Å²) in [4.78, 5) is 4.30. The quantitative estimate of drug-likeness (QED) is 0.828. The summed E-state index contributed by atoms with van der Waals surface area (Å²) < 4.78 is 12.2. The number of nitrogen functional groups attached to an aromatic ring is 1. The first-order valence-corrected chi connectivity index (χ1v) is 7.18. The lowest BCUT2D eigenvalue weighted by Crippen LogP contribution is -2.41. The number of nitrogens with two attached hydrogens (primary N) is 1. The molecule has 3 N–H and O–H groups in total. The predicted molar refractivity (Wildman–Crippen MR) is 86.6 cm³/mol. The molecule has 0 aliphatic carbocycles. The van der Waals surface area contributed by atoms with Gasteiger partial charge in [0.25, 0.3) is 0 Å². The molecule has 0 unspecified atom stereocenters. The molecule has 6 heteroatoms. The Bertz CT molecular complexity index is 527. The normalized spacial score (nSPS) is 20.8. The van der Waals surface area contributed by atoms with Gasteiger partial charge in [-0.2, -0.15) is 0 Å². The van der Waals surface area contributed by atoms with E-state index in [1.165, 1.54) is 0 Å². The summed E-state index contributed by atoms with van der Waals surface area (Å²) in [5.74, 6) is 0. The zero-order valence-electron chi connectivity index (χ0n) is 13.4. The molecular weight excluding hydrogens is 265 g/mol. The van der Waals surface area contributed by atoms with Crippen molar-refractivity contribution in [1.29, 1.82) is 0 Å². The molecular formula is C15H24BN3O2. The smallest absolute Gasteiger partial charge is 0.400 e. The average molecular weight is 289 g/mol. The van der Waals surface area contributed by atoms with Crippen molar-refractivity contribution < 1.29 is 9.31 Å². The topological polar surface area (TPSA) is 69.4 Å². The van der Waals surface area contributed by atoms with E-state index in [9.17, 15) is 0 Å². The van der Waals surface area contributed by atoms with Crippen LogP contribution in [0.1, 0.15) is 33.4 Å². The fourth-order valence-corrected chi connectivity index (χ4v) is 2.13. The Morgan fingerprint density at radius 1 is 1.33 bits per heavy atom. The number of aromatic nitrogens is 1. The molecule has 21 heavy (non-hydrogen) atoms. The Labute approximate surface area is 127 Å². The maximum atomic E-state index is 6.09. The van der Waals surface area contributed by atoms with Gasteiger partial charge in [-0.15, -0.1) is 0 Å². The van der Waals surface area contributed by atoms with Gasteiger partial charge in [0.15, 0.2) is 0 Å². The van der Waals surface area contributed by atoms with Crippen molar-refractivity contribution in [2.45, 2.75) is 38.9 Å². The Kier molecular flexibility index (Phi) is 4.42. The number of nitrogens with one attached hydrogen (secondary N) is 1. The molecule has 0 aromatic carbocycles. The van der Waals surface area contributed by atoms with Gasteiger partial charge in [-0.05, 0) is 58.4 Å². The number of anilines is 1. The first kappa shape index (κ1) is 16.0. The summed E-state index contributed by atoms with van der Waals surface area (Å²) >= 11 is 0. The minimum Gasteiger partial charge on any atom is -0.400 e. The molecule has 5 nitrogen and oxygen atoms in total. The van der Waals surface area contributed by atoms with E-state index >= 15 is 0 Å². The van der Waals surface area contributed by atoms with Crippen LogP contribution in [0, 0.1) is 0 Å². The van der Waals surface area contributed by atoms with E-state index < -0.39 is 7.12 Å². The molecule has 1 aromatic rings. The lowest BCUT2D eigenvalue weighted by molar-refractivity contribution is 0.00578. The standard InChI is InChI=1S/C15H24BN3O2/c1-14(2)15(3,4)21-16(20-14)11(10-18-5)9-13-12(17)7-6-8-19-13/h6-9,18H,10,17H2,1-5H3. The number of hydrogen-bond donors (Lipinski definition) is 2. The Hall–Kier alpha value is -1.37. The van der Waals surface area contributed by atoms with Gasteiger partial charge in [-0.3, -0.25) is 4.98 Å². The molecule has 1 aromatic heterocycles. The lowest BCUT2D eigenvalue weighted by atomic mass is 9.77. The first-order valence-electron chi connectivity index (χ1n) is 7.18. The molecule has 2 heterocycles. The fourth-order valence-electron chi connectivity index (χ4n) is 2.13. The monoisotopic (exact) mass is 289 g/mol. The van der Waals surface area contributed by atoms with Crippen molar-refractivity contribution >= 4 is 18.9 Å². The second-order valence-electron chi connectivity index (χ2n) is 6.32. The SMILES string of the molecule is CNCC(=Cc1ncccc1N)B1OC(C)(C)C(C)(C)O1. The van der Waals surface area contributed by atoms with Gasteiger partial charge in [0.2, 0.25) is 0 Å². The molecule has 1 saturated heterocycles. The van der Waals surface area contributed by atoms with Crippen LogP contribution in [0.25, 0.3) is 6.08 Å². The maximum absolute atomic E-state index is 6.09. The highest BCUT2D eigenvalue weighted by atomic mass is 16.7. The van der Waals surface area contributed by atoms with E-state index in [0.717, 1.165) is 11.2 Å². The van der Waals surface area contributed by atoms with Crippen LogP contribution in [0.15, 0.2) is 23.8 Å². The van der Waals surface area contributed by atoms with Crippen LogP contribution < -0.4 is 11.1 Å². The third-order valence-corrected chi connectivity index (χ3v) is 4.13. The van der Waals surface area contributed by atoms with Crippen LogP contribution in [0.4, 0.5) is 5.69 Å². The lowest BCUT2D eigenvalue weighted by Gasteiger charge is -2.32. The zero-order valence-corrected chi connectivity index (χ0v) is 13.4. The molecule has 0 spiro atoms. The van der Waals surface area contributed by atoms with Gasteiger partial charge >= 0.3 is 7.12 Å². The highest BCUT2D eigenvalue weighted by Gasteiger charge is 2.52. The summed E-state index contributed by atoms with van der Waals surface area (Å²) in [6.07, 6.45) is 3.66. The summed E-state index contributed by atoms with van der Waals surface area (Å²) in [5, 5.41) is 3.14. The van der Waals surface area contributed by atoms with Crippen molar-refractivity contribution in [1.82, 2.24) is 10.3 Å². The molecule has 1 aliphatic heterocycles. The molecule has 1 aliphatic rings. The van der Waals surface area contributed by atoms with Gasteiger partial charge in [-0.1, -0.05) is 0 Å². The summed E-state index contributed by atoms with van der Waals surface area (Å²) in [6, 6.07) is 3.65. The molecule has 114 valence electrons. The number of likely N-dealkylation sites (N-methyl/N-ethyl adjacent to an activating group) is 1. The highest BCUT2D eigenvalue weighted by Crippen LogP contribution is 2.38. The molecule has 0 radical (unpaired) electrons. The molecule has 0 saturated carbocycles. The second-order valence-corrected chi connectivity index (χ2v) is 6.32. The number of hydrogen-bond acceptors (Lipinski definition) is 5. The minimum absolute atomic E-state index is 0.361. The Morgan fingerprint density at radius 2 is 1.95 bits per heavy atom. The van der Waals surface area contributed by atoms with Crippen LogP contribution >= 0.6 is 0 Å². The summed E-state index contributed by atoms with van der Waals surface area (Å²) in [6.45, 7) is 8.81. The third-order valence-electron chi connectivity index (χ3n) is 4.13. The van der Waals surface area contributed by atoms with E-state index in [0.29, 0.717) is 12.2 Å². The van der Waals surface area contributed by atoms with Crippen LogP contribution in [0.5, 0.6) is 0 Å². The van der Waals surface area contributed by atoms with Crippen molar-refractivity contribution in [2.75, 3.05) is 19.3 Å². The van der Waals surface area contributed by atoms with Crippen LogP contribution in [-0.2, 0) is 9.31 Å². The van der Waals surface area contributed by atoms with Gasteiger partial charge in [0.05, 0.1) is 22.6 Å². The third kappa shape index (κ3) is 3.28. The van der Waals surface area contributed by atoms with Crippen LogP contribution in [-0.4, -0.2) is 36.9 Å². The molecule has 0 amide bonds. The van der Waals surface area contributed by atoms with E-state index in [4.69, 9.17) is 15.0 Å². The van der Waals surface area contributed by atoms with Gasteiger partial charge in [-0.25, -0.2) is 0 Å². The number of pyridine rings is 1. The largest absolute Gasteiger partial charge is 0.491 e. The van der Waals surface area contributed by atoms with Crippen molar-refractivity contribution in [3.8, 4) is 0 Å². The first-order chi connectivity index (χ1) is 9.77. The second kappa shape index (κ2) is 5.79. The van der Waals surface area contributed by atoms with E-state index in [-0.39, 0.29) is 11.2 Å². The highest BCUT2D eigenvalue weighted by molar-refractivity contribution is 6.55. The number of rotatable bonds is 4. The van der Waals surface area contributed by atoms with E-state index in [1.807, 2.05) is 53.0 Å². The molecule has 1 fully saturated rings. The van der Waals surface area contributed by atoms with E-state index in [1.54, 1.807) is 6.20 Å². The van der Waals surface area contributed by atoms with Crippen molar-refractivity contribution in [2.24, 2.45) is 0 Å². The summed E-state index contributed by atoms with van der Waals surface area (Å²) in [7, 11) is 1.49. The van der Waals surface area contributed by atoms with Gasteiger partial charge < -0.3 is 20.4 Å². The molecule has 0 bridgehead atoms. The number of nitrogens with zero attached hydrogens (tertiary/aromatic N) is 1. The zero-order chi connectivity index (χ0) is 15.7. The fraction of sp³-hybridized carbons (Fsp3) is 0.533. The van der Waals surface area contributed by atoms with E-state index in [2.05, 4.69) is 10.3 Å². The van der Waals surface area contributed by atoms with Gasteiger partial charge in [0, 0.05) is 12.7 Å². The Balaban J connectivity index is 2.31. The van der Waals surface area contributed by atoms with Crippen LogP contribution in [0.3, 0.4) is 0 Å². The maximum Gasteiger partial charge on any atom is 0.491 e. The van der Waals surface area contributed by atoms with Crippen LogP contribution in [0.2, 0.25) is 0 Å². The minimum atomic E-state index is -0.399. The Morgan fingerprint density at radius 3 is 2.48 bits per heavy atom. The average Bonchev–Trinajstić information content (AvgIpc) is 2.60. The van der Waals surface area contributed by atoms with Crippen molar-refractivity contribution in [3.05, 3.63) is 29.5 Å².